The van der Waals surface area contributed by atoms with E-state index in [1.807, 2.05) is 11.8 Å². The zero-order valence-corrected chi connectivity index (χ0v) is 9.23. The van der Waals surface area contributed by atoms with E-state index in [9.17, 15) is 14.6 Å². The highest BCUT2D eigenvalue weighted by Gasteiger charge is 2.29. The Labute approximate surface area is 94.1 Å². The summed E-state index contributed by atoms with van der Waals surface area (Å²) < 4.78 is 13.1. The van der Waals surface area contributed by atoms with Crippen LogP contribution in [0, 0.1) is 12.7 Å². The van der Waals surface area contributed by atoms with Gasteiger partial charge < -0.3 is 10.2 Å². The first-order chi connectivity index (χ1) is 7.56. The number of hydrogen-bond acceptors (Lipinski definition) is 3. The Morgan fingerprint density at radius 3 is 2.56 bits per heavy atom. The van der Waals surface area contributed by atoms with Gasteiger partial charge in [-0.1, -0.05) is 6.07 Å². The van der Waals surface area contributed by atoms with Gasteiger partial charge in [0, 0.05) is 19.6 Å². The van der Waals surface area contributed by atoms with Crippen molar-refractivity contribution in [2.75, 3.05) is 13.1 Å². The molecule has 0 aliphatic carbocycles. The second-order valence-corrected chi connectivity index (χ2v) is 4.40. The number of aryl methyl sites for hydroxylation is 1. The fourth-order valence-electron chi connectivity index (χ4n) is 2.03. The van der Waals surface area contributed by atoms with Crippen molar-refractivity contribution in [1.29, 1.82) is 0 Å². The first kappa shape index (κ1) is 11.5. The third kappa shape index (κ3) is 2.40. The molecule has 2 atom stereocenters. The van der Waals surface area contributed by atoms with Gasteiger partial charge in [-0.3, -0.25) is 4.90 Å². The SMILES string of the molecule is Cc1ccc(F)cc1CN1C[C@@H](O)[C@@H](O)C1. The molecule has 1 aliphatic rings. The molecule has 2 rings (SSSR count). The zero-order valence-electron chi connectivity index (χ0n) is 9.23. The number of β-amino-alcohol motifs (C(OH)–C–C–N with tert-alkyl or cyclic N) is 2. The lowest BCUT2D eigenvalue weighted by Crippen LogP contribution is -2.22. The molecule has 16 heavy (non-hydrogen) atoms. The van der Waals surface area contributed by atoms with Crippen molar-refractivity contribution in [2.45, 2.75) is 25.7 Å². The van der Waals surface area contributed by atoms with Crippen LogP contribution in [-0.4, -0.2) is 40.4 Å². The van der Waals surface area contributed by atoms with Crippen LogP contribution >= 0.6 is 0 Å². The Hall–Kier alpha value is -0.970. The van der Waals surface area contributed by atoms with Crippen molar-refractivity contribution in [3.8, 4) is 0 Å². The lowest BCUT2D eigenvalue weighted by atomic mass is 10.1. The molecule has 2 N–H and O–H groups in total. The minimum absolute atomic E-state index is 0.249. The number of nitrogens with zero attached hydrogens (tertiary/aromatic N) is 1. The van der Waals surface area contributed by atoms with E-state index in [1.165, 1.54) is 12.1 Å². The van der Waals surface area contributed by atoms with Crippen molar-refractivity contribution >= 4 is 0 Å². The fourth-order valence-corrected chi connectivity index (χ4v) is 2.03. The van der Waals surface area contributed by atoms with Crippen molar-refractivity contribution in [2.24, 2.45) is 0 Å². The Balaban J connectivity index is 2.07. The number of hydrogen-bond donors (Lipinski definition) is 2. The molecule has 1 heterocycles. The topological polar surface area (TPSA) is 43.7 Å². The molecular formula is C12H16FNO2. The molecule has 88 valence electrons. The molecule has 1 aromatic carbocycles. The first-order valence-corrected chi connectivity index (χ1v) is 5.40. The van der Waals surface area contributed by atoms with Crippen LogP contribution in [-0.2, 0) is 6.54 Å². The molecule has 0 radical (unpaired) electrons. The number of aliphatic hydroxyl groups excluding tert-OH is 2. The smallest absolute Gasteiger partial charge is 0.123 e. The minimum Gasteiger partial charge on any atom is -0.389 e. The number of benzene rings is 1. The lowest BCUT2D eigenvalue weighted by Gasteiger charge is -2.16. The van der Waals surface area contributed by atoms with E-state index in [4.69, 9.17) is 0 Å². The van der Waals surface area contributed by atoms with Gasteiger partial charge in [0.25, 0.3) is 0 Å². The number of rotatable bonds is 2. The molecule has 1 aromatic rings. The average molecular weight is 225 g/mol. The molecule has 0 aromatic heterocycles. The Bertz CT molecular complexity index is 373. The minimum atomic E-state index is -0.686. The maximum absolute atomic E-state index is 13.1. The van der Waals surface area contributed by atoms with Gasteiger partial charge in [0.15, 0.2) is 0 Å². The van der Waals surface area contributed by atoms with Gasteiger partial charge in [-0.25, -0.2) is 4.39 Å². The molecule has 1 fully saturated rings. The van der Waals surface area contributed by atoms with Crippen molar-refractivity contribution < 1.29 is 14.6 Å². The van der Waals surface area contributed by atoms with E-state index in [0.717, 1.165) is 11.1 Å². The molecule has 1 aliphatic heterocycles. The zero-order chi connectivity index (χ0) is 11.7. The van der Waals surface area contributed by atoms with E-state index in [0.29, 0.717) is 19.6 Å². The third-order valence-corrected chi connectivity index (χ3v) is 3.04. The van der Waals surface area contributed by atoms with E-state index >= 15 is 0 Å². The summed E-state index contributed by atoms with van der Waals surface area (Å²) in [5.41, 5.74) is 1.93. The number of aliphatic hydroxyl groups is 2. The Morgan fingerprint density at radius 2 is 1.94 bits per heavy atom. The largest absolute Gasteiger partial charge is 0.389 e. The molecule has 0 bridgehead atoms. The predicted octanol–water partition coefficient (Wildman–Crippen LogP) is 0.672. The summed E-state index contributed by atoms with van der Waals surface area (Å²) in [5, 5.41) is 18.8. The van der Waals surface area contributed by atoms with Crippen molar-refractivity contribution in [3.63, 3.8) is 0 Å². The Morgan fingerprint density at radius 1 is 1.31 bits per heavy atom. The van der Waals surface area contributed by atoms with Crippen LogP contribution in [0.5, 0.6) is 0 Å². The molecule has 0 amide bonds. The van der Waals surface area contributed by atoms with Gasteiger partial charge >= 0.3 is 0 Å². The summed E-state index contributed by atoms with van der Waals surface area (Å²) in [6, 6.07) is 4.69. The van der Waals surface area contributed by atoms with Gasteiger partial charge in [0.2, 0.25) is 0 Å². The van der Waals surface area contributed by atoms with Crippen LogP contribution in [0.4, 0.5) is 4.39 Å². The second-order valence-electron chi connectivity index (χ2n) is 4.40. The van der Waals surface area contributed by atoms with Gasteiger partial charge in [0.1, 0.15) is 5.82 Å². The standard InChI is InChI=1S/C12H16FNO2/c1-8-2-3-10(13)4-9(8)5-14-6-11(15)12(16)7-14/h2-4,11-12,15-16H,5-7H2,1H3/t11-,12+. The first-order valence-electron chi connectivity index (χ1n) is 5.40. The summed E-state index contributed by atoms with van der Waals surface area (Å²) in [6.45, 7) is 3.38. The summed E-state index contributed by atoms with van der Waals surface area (Å²) in [6.07, 6.45) is -1.37. The van der Waals surface area contributed by atoms with Crippen LogP contribution in [0.3, 0.4) is 0 Å². The summed E-state index contributed by atoms with van der Waals surface area (Å²) in [5.74, 6) is -0.249. The van der Waals surface area contributed by atoms with Gasteiger partial charge in [-0.2, -0.15) is 0 Å². The summed E-state index contributed by atoms with van der Waals surface area (Å²) in [7, 11) is 0. The highest BCUT2D eigenvalue weighted by Crippen LogP contribution is 2.17. The number of halogens is 1. The monoisotopic (exact) mass is 225 g/mol. The van der Waals surface area contributed by atoms with Crippen LogP contribution in [0.2, 0.25) is 0 Å². The van der Waals surface area contributed by atoms with Gasteiger partial charge in [0.05, 0.1) is 12.2 Å². The molecule has 3 nitrogen and oxygen atoms in total. The highest BCUT2D eigenvalue weighted by molar-refractivity contribution is 5.26. The summed E-state index contributed by atoms with van der Waals surface area (Å²) in [4.78, 5) is 1.93. The molecular weight excluding hydrogens is 209 g/mol. The number of likely N-dealkylation sites (tertiary alicyclic amines) is 1. The second kappa shape index (κ2) is 4.49. The van der Waals surface area contributed by atoms with Gasteiger partial charge in [-0.05, 0) is 30.2 Å². The van der Waals surface area contributed by atoms with Crippen LogP contribution < -0.4 is 0 Å². The van der Waals surface area contributed by atoms with Crippen molar-refractivity contribution in [3.05, 3.63) is 35.1 Å². The molecule has 1 saturated heterocycles. The summed E-state index contributed by atoms with van der Waals surface area (Å²) >= 11 is 0. The highest BCUT2D eigenvalue weighted by atomic mass is 19.1. The molecule has 0 unspecified atom stereocenters. The molecule has 4 heteroatoms. The maximum atomic E-state index is 13.1. The van der Waals surface area contributed by atoms with E-state index in [2.05, 4.69) is 0 Å². The average Bonchev–Trinajstić information content (AvgIpc) is 2.52. The van der Waals surface area contributed by atoms with Crippen LogP contribution in [0.25, 0.3) is 0 Å². The van der Waals surface area contributed by atoms with Crippen LogP contribution in [0.15, 0.2) is 18.2 Å². The Kier molecular flexibility index (Phi) is 3.23. The van der Waals surface area contributed by atoms with Crippen molar-refractivity contribution in [1.82, 2.24) is 4.90 Å². The lowest BCUT2D eigenvalue weighted by molar-refractivity contribution is 0.0572. The molecule has 0 spiro atoms. The van der Waals surface area contributed by atoms with E-state index in [1.54, 1.807) is 6.07 Å². The van der Waals surface area contributed by atoms with E-state index in [-0.39, 0.29) is 5.82 Å². The third-order valence-electron chi connectivity index (χ3n) is 3.04. The predicted molar refractivity (Wildman–Crippen MR) is 58.4 cm³/mol. The fraction of sp³-hybridized carbons (Fsp3) is 0.500. The molecule has 0 saturated carbocycles. The van der Waals surface area contributed by atoms with Gasteiger partial charge in [-0.15, -0.1) is 0 Å². The van der Waals surface area contributed by atoms with E-state index < -0.39 is 12.2 Å². The van der Waals surface area contributed by atoms with Crippen LogP contribution in [0.1, 0.15) is 11.1 Å². The normalized spacial score (nSPS) is 26.2. The maximum Gasteiger partial charge on any atom is 0.123 e. The quantitative estimate of drug-likeness (QED) is 0.777.